The summed E-state index contributed by atoms with van der Waals surface area (Å²) < 4.78 is 5.89. The fourth-order valence-electron chi connectivity index (χ4n) is 2.63. The van der Waals surface area contributed by atoms with Gasteiger partial charge in [-0.15, -0.1) is 11.6 Å². The van der Waals surface area contributed by atoms with E-state index >= 15 is 0 Å². The van der Waals surface area contributed by atoms with Crippen LogP contribution in [0.2, 0.25) is 0 Å². The van der Waals surface area contributed by atoms with Crippen molar-refractivity contribution in [2.24, 2.45) is 0 Å². The zero-order valence-electron chi connectivity index (χ0n) is 9.01. The summed E-state index contributed by atoms with van der Waals surface area (Å²) in [6, 6.07) is 0. The molecule has 2 aliphatic rings. The third-order valence-corrected chi connectivity index (χ3v) is 3.67. The first kappa shape index (κ1) is 11.2. The second kappa shape index (κ2) is 4.71. The maximum absolute atomic E-state index is 11.5. The van der Waals surface area contributed by atoms with E-state index in [1.54, 1.807) is 0 Å². The van der Waals surface area contributed by atoms with Crippen LogP contribution in [0.4, 0.5) is 0 Å². The molecule has 0 aromatic rings. The van der Waals surface area contributed by atoms with E-state index in [4.69, 9.17) is 16.3 Å². The highest BCUT2D eigenvalue weighted by Crippen LogP contribution is 2.33. The zero-order chi connectivity index (χ0) is 10.7. The summed E-state index contributed by atoms with van der Waals surface area (Å²) in [4.78, 5) is 13.4. The molecule has 2 saturated heterocycles. The van der Waals surface area contributed by atoms with Gasteiger partial charge in [-0.25, -0.2) is 0 Å². The van der Waals surface area contributed by atoms with Gasteiger partial charge < -0.3 is 9.64 Å². The Morgan fingerprint density at radius 3 is 2.80 bits per heavy atom. The van der Waals surface area contributed by atoms with Crippen molar-refractivity contribution >= 4 is 17.5 Å². The lowest BCUT2D eigenvalue weighted by Gasteiger charge is -2.44. The van der Waals surface area contributed by atoms with Crippen molar-refractivity contribution in [1.29, 1.82) is 0 Å². The third-order valence-electron chi connectivity index (χ3n) is 3.44. The van der Waals surface area contributed by atoms with Crippen LogP contribution < -0.4 is 0 Å². The predicted molar refractivity (Wildman–Crippen MR) is 59.1 cm³/mol. The SMILES string of the molecule is O=C(CCl)N1CCCC2(CCCCO2)C1. The molecule has 2 fully saturated rings. The smallest absolute Gasteiger partial charge is 0.237 e. The largest absolute Gasteiger partial charge is 0.373 e. The van der Waals surface area contributed by atoms with Gasteiger partial charge in [0.25, 0.3) is 0 Å². The highest BCUT2D eigenvalue weighted by molar-refractivity contribution is 6.27. The highest BCUT2D eigenvalue weighted by atomic mass is 35.5. The minimum absolute atomic E-state index is 0.0434. The molecule has 2 aliphatic heterocycles. The molecular weight excluding hydrogens is 214 g/mol. The molecule has 1 amide bonds. The Morgan fingerprint density at radius 1 is 1.33 bits per heavy atom. The van der Waals surface area contributed by atoms with E-state index in [0.29, 0.717) is 0 Å². The fraction of sp³-hybridized carbons (Fsp3) is 0.909. The Hall–Kier alpha value is -0.280. The van der Waals surface area contributed by atoms with Crippen LogP contribution in [0.3, 0.4) is 0 Å². The van der Waals surface area contributed by atoms with Crippen LogP contribution in [0.5, 0.6) is 0 Å². The van der Waals surface area contributed by atoms with Gasteiger partial charge in [-0.3, -0.25) is 4.79 Å². The maximum Gasteiger partial charge on any atom is 0.237 e. The minimum atomic E-state index is -0.0434. The van der Waals surface area contributed by atoms with Crippen LogP contribution in [0.1, 0.15) is 32.1 Å². The summed E-state index contributed by atoms with van der Waals surface area (Å²) in [5, 5.41) is 0. The van der Waals surface area contributed by atoms with Crippen molar-refractivity contribution in [1.82, 2.24) is 4.90 Å². The molecule has 2 heterocycles. The van der Waals surface area contributed by atoms with Gasteiger partial charge in [-0.05, 0) is 32.1 Å². The molecule has 0 aliphatic carbocycles. The Balaban J connectivity index is 1.99. The van der Waals surface area contributed by atoms with E-state index in [9.17, 15) is 4.79 Å². The van der Waals surface area contributed by atoms with Crippen LogP contribution in [0, 0.1) is 0 Å². The number of likely N-dealkylation sites (tertiary alicyclic amines) is 1. The number of hydrogen-bond donors (Lipinski definition) is 0. The molecule has 1 atom stereocenters. The first-order chi connectivity index (χ1) is 7.26. The molecule has 0 aromatic carbocycles. The Bertz CT molecular complexity index is 233. The van der Waals surface area contributed by atoms with E-state index in [0.717, 1.165) is 45.4 Å². The van der Waals surface area contributed by atoms with E-state index in [1.807, 2.05) is 4.90 Å². The van der Waals surface area contributed by atoms with Crippen LogP contribution in [0.25, 0.3) is 0 Å². The van der Waals surface area contributed by atoms with Gasteiger partial charge >= 0.3 is 0 Å². The molecule has 0 bridgehead atoms. The van der Waals surface area contributed by atoms with Gasteiger partial charge in [0.1, 0.15) is 5.88 Å². The summed E-state index contributed by atoms with van der Waals surface area (Å²) in [5.41, 5.74) is -0.0434. The van der Waals surface area contributed by atoms with Crippen molar-refractivity contribution < 1.29 is 9.53 Å². The number of piperidine rings is 1. The summed E-state index contributed by atoms with van der Waals surface area (Å²) in [6.45, 7) is 2.44. The molecule has 1 spiro atoms. The molecule has 2 rings (SSSR count). The number of nitrogens with zero attached hydrogens (tertiary/aromatic N) is 1. The number of ether oxygens (including phenoxy) is 1. The predicted octanol–water partition coefficient (Wildman–Crippen LogP) is 1.79. The Labute approximate surface area is 95.7 Å². The number of carbonyl (C=O) groups excluding carboxylic acids is 1. The van der Waals surface area contributed by atoms with Crippen molar-refractivity contribution in [3.05, 3.63) is 0 Å². The molecule has 0 saturated carbocycles. The lowest BCUT2D eigenvalue weighted by Crippen LogP contribution is -2.53. The summed E-state index contributed by atoms with van der Waals surface area (Å²) in [6.07, 6.45) is 5.62. The van der Waals surface area contributed by atoms with E-state index < -0.39 is 0 Å². The third kappa shape index (κ3) is 2.45. The molecular formula is C11H18ClNO2. The average Bonchev–Trinajstić information content (AvgIpc) is 2.29. The van der Waals surface area contributed by atoms with Crippen molar-refractivity contribution in [2.45, 2.75) is 37.7 Å². The Kier molecular flexibility index (Phi) is 3.52. The molecule has 0 radical (unpaired) electrons. The second-order valence-electron chi connectivity index (χ2n) is 4.54. The summed E-state index contributed by atoms with van der Waals surface area (Å²) >= 11 is 5.58. The van der Waals surface area contributed by atoms with Crippen molar-refractivity contribution in [2.75, 3.05) is 25.6 Å². The normalized spacial score (nSPS) is 31.9. The van der Waals surface area contributed by atoms with Gasteiger partial charge in [0.05, 0.1) is 5.60 Å². The van der Waals surface area contributed by atoms with Crippen molar-refractivity contribution in [3.8, 4) is 0 Å². The van der Waals surface area contributed by atoms with Gasteiger partial charge in [-0.1, -0.05) is 0 Å². The van der Waals surface area contributed by atoms with Crippen LogP contribution in [-0.2, 0) is 9.53 Å². The van der Waals surface area contributed by atoms with Crippen LogP contribution >= 0.6 is 11.6 Å². The average molecular weight is 232 g/mol. The van der Waals surface area contributed by atoms with Gasteiger partial charge in [0.15, 0.2) is 0 Å². The maximum atomic E-state index is 11.5. The van der Waals surface area contributed by atoms with Gasteiger partial charge in [0, 0.05) is 19.7 Å². The van der Waals surface area contributed by atoms with E-state index in [-0.39, 0.29) is 17.4 Å². The molecule has 0 N–H and O–H groups in total. The highest BCUT2D eigenvalue weighted by Gasteiger charge is 2.38. The zero-order valence-corrected chi connectivity index (χ0v) is 9.76. The topological polar surface area (TPSA) is 29.5 Å². The van der Waals surface area contributed by atoms with Crippen LogP contribution in [-0.4, -0.2) is 42.0 Å². The van der Waals surface area contributed by atoms with Gasteiger partial charge in [-0.2, -0.15) is 0 Å². The minimum Gasteiger partial charge on any atom is -0.373 e. The first-order valence-electron chi connectivity index (χ1n) is 5.73. The van der Waals surface area contributed by atoms with E-state index in [2.05, 4.69) is 0 Å². The fourth-order valence-corrected chi connectivity index (χ4v) is 2.80. The van der Waals surface area contributed by atoms with Crippen molar-refractivity contribution in [3.63, 3.8) is 0 Å². The number of alkyl halides is 1. The molecule has 15 heavy (non-hydrogen) atoms. The molecule has 0 aromatic heterocycles. The quantitative estimate of drug-likeness (QED) is 0.644. The summed E-state index contributed by atoms with van der Waals surface area (Å²) in [5.74, 6) is 0.140. The van der Waals surface area contributed by atoms with Gasteiger partial charge in [0.2, 0.25) is 5.91 Å². The standard InChI is InChI=1S/C11H18ClNO2/c12-8-10(14)13-6-3-5-11(9-13)4-1-2-7-15-11/h1-9H2. The monoisotopic (exact) mass is 231 g/mol. The molecule has 1 unspecified atom stereocenters. The lowest BCUT2D eigenvalue weighted by molar-refractivity contribution is -0.146. The number of rotatable bonds is 1. The number of hydrogen-bond acceptors (Lipinski definition) is 2. The number of halogens is 1. The Morgan fingerprint density at radius 2 is 2.13 bits per heavy atom. The lowest BCUT2D eigenvalue weighted by atomic mass is 9.86. The number of carbonyl (C=O) groups is 1. The van der Waals surface area contributed by atoms with E-state index in [1.165, 1.54) is 6.42 Å². The summed E-state index contributed by atoms with van der Waals surface area (Å²) in [7, 11) is 0. The first-order valence-corrected chi connectivity index (χ1v) is 6.27. The van der Waals surface area contributed by atoms with Crippen LogP contribution in [0.15, 0.2) is 0 Å². The molecule has 3 nitrogen and oxygen atoms in total. The number of amides is 1. The second-order valence-corrected chi connectivity index (χ2v) is 4.81. The molecule has 4 heteroatoms. The molecule has 86 valence electrons.